The van der Waals surface area contributed by atoms with E-state index >= 15 is 0 Å². The molecule has 0 aliphatic carbocycles. The number of hydrogen-bond acceptors (Lipinski definition) is 5. The zero-order valence-corrected chi connectivity index (χ0v) is 19.7. The van der Waals surface area contributed by atoms with Crippen molar-refractivity contribution in [1.29, 1.82) is 0 Å². The maximum Gasteiger partial charge on any atom is 0.416 e. The standard InChI is InChI=1S/C27H23F3N4O2/c1-33(2)22-12-9-17-15-34(14-13-19(17)24(22)35)26(36)23-20-5-3-4-6-21(20)31-25(32-23)16-7-10-18(11-8-16)27(28,29)30/h3-12,35H,13-15H2,1-2H3. The van der Waals surface area contributed by atoms with Crippen LogP contribution in [-0.2, 0) is 19.1 Å². The third kappa shape index (κ3) is 4.21. The highest BCUT2D eigenvalue weighted by Crippen LogP contribution is 2.36. The Morgan fingerprint density at radius 3 is 2.42 bits per heavy atom. The Morgan fingerprint density at radius 1 is 1.00 bits per heavy atom. The van der Waals surface area contributed by atoms with Crippen molar-refractivity contribution in [2.45, 2.75) is 19.1 Å². The maximum absolute atomic E-state index is 13.7. The SMILES string of the molecule is CN(C)c1ccc2c(c1O)CCN(C(=O)c1nc(-c3ccc(C(F)(F)F)cc3)nc3ccccc13)C2. The van der Waals surface area contributed by atoms with Gasteiger partial charge in [0, 0.05) is 43.7 Å². The number of alkyl halides is 3. The zero-order valence-electron chi connectivity index (χ0n) is 19.7. The van der Waals surface area contributed by atoms with E-state index in [1.165, 1.54) is 12.1 Å². The molecule has 5 rings (SSSR count). The van der Waals surface area contributed by atoms with Crippen molar-refractivity contribution in [3.05, 3.63) is 83.0 Å². The van der Waals surface area contributed by atoms with Crippen molar-refractivity contribution >= 4 is 22.5 Å². The smallest absolute Gasteiger partial charge is 0.416 e. The number of benzene rings is 3. The minimum atomic E-state index is -4.45. The highest BCUT2D eigenvalue weighted by Gasteiger charge is 2.31. The number of aromatic hydroxyl groups is 1. The van der Waals surface area contributed by atoms with Crippen molar-refractivity contribution < 1.29 is 23.1 Å². The minimum Gasteiger partial charge on any atom is -0.505 e. The molecule has 1 aliphatic heterocycles. The van der Waals surface area contributed by atoms with Gasteiger partial charge in [0.25, 0.3) is 5.91 Å². The summed E-state index contributed by atoms with van der Waals surface area (Å²) in [5, 5.41) is 11.2. The quantitative estimate of drug-likeness (QED) is 0.421. The zero-order chi connectivity index (χ0) is 25.6. The average Bonchev–Trinajstić information content (AvgIpc) is 2.87. The number of hydrogen-bond donors (Lipinski definition) is 1. The lowest BCUT2D eigenvalue weighted by atomic mass is 9.97. The fourth-order valence-corrected chi connectivity index (χ4v) is 4.49. The number of carbonyl (C=O) groups is 1. The second-order valence-corrected chi connectivity index (χ2v) is 8.93. The van der Waals surface area contributed by atoms with E-state index in [9.17, 15) is 23.1 Å². The maximum atomic E-state index is 13.7. The molecule has 1 amide bonds. The van der Waals surface area contributed by atoms with Gasteiger partial charge in [-0.15, -0.1) is 0 Å². The van der Waals surface area contributed by atoms with E-state index < -0.39 is 11.7 Å². The molecule has 1 N–H and O–H groups in total. The molecule has 0 spiro atoms. The van der Waals surface area contributed by atoms with Crippen LogP contribution in [-0.4, -0.2) is 46.5 Å². The fourth-order valence-electron chi connectivity index (χ4n) is 4.49. The number of phenolic OH excluding ortho intramolecular Hbond substituents is 1. The third-order valence-corrected chi connectivity index (χ3v) is 6.40. The van der Waals surface area contributed by atoms with Crippen molar-refractivity contribution in [3.8, 4) is 17.1 Å². The lowest BCUT2D eigenvalue weighted by molar-refractivity contribution is -0.137. The summed E-state index contributed by atoms with van der Waals surface area (Å²) in [6, 6.07) is 15.4. The van der Waals surface area contributed by atoms with E-state index in [0.29, 0.717) is 36.0 Å². The number of amides is 1. The first kappa shape index (κ1) is 23.6. The number of anilines is 1. The Hall–Kier alpha value is -4.14. The highest BCUT2D eigenvalue weighted by molar-refractivity contribution is 6.05. The molecule has 4 aromatic rings. The summed E-state index contributed by atoms with van der Waals surface area (Å²) in [6.07, 6.45) is -3.96. The fraction of sp³-hybridized carbons (Fsp3) is 0.222. The summed E-state index contributed by atoms with van der Waals surface area (Å²) in [6.45, 7) is 0.702. The molecule has 9 heteroatoms. The monoisotopic (exact) mass is 492 g/mol. The van der Waals surface area contributed by atoms with Crippen LogP contribution in [0.4, 0.5) is 18.9 Å². The number of halogens is 3. The summed E-state index contributed by atoms with van der Waals surface area (Å²) < 4.78 is 39.0. The largest absolute Gasteiger partial charge is 0.505 e. The molecule has 3 aromatic carbocycles. The van der Waals surface area contributed by atoms with Gasteiger partial charge in [0.05, 0.1) is 16.8 Å². The van der Waals surface area contributed by atoms with E-state index in [2.05, 4.69) is 9.97 Å². The van der Waals surface area contributed by atoms with Gasteiger partial charge < -0.3 is 14.9 Å². The molecule has 1 aromatic heterocycles. The molecule has 0 fully saturated rings. The lowest BCUT2D eigenvalue weighted by Gasteiger charge is -2.30. The van der Waals surface area contributed by atoms with Crippen LogP contribution in [0.15, 0.2) is 60.7 Å². The van der Waals surface area contributed by atoms with Crippen molar-refractivity contribution in [2.24, 2.45) is 0 Å². The molecule has 0 saturated carbocycles. The van der Waals surface area contributed by atoms with Gasteiger partial charge in [-0.1, -0.05) is 36.4 Å². The summed E-state index contributed by atoms with van der Waals surface area (Å²) in [4.78, 5) is 26.2. The van der Waals surface area contributed by atoms with E-state index in [4.69, 9.17) is 0 Å². The molecule has 1 aliphatic rings. The molecular weight excluding hydrogens is 469 g/mol. The number of rotatable bonds is 3. The Morgan fingerprint density at radius 2 is 1.72 bits per heavy atom. The van der Waals surface area contributed by atoms with Crippen LogP contribution >= 0.6 is 0 Å². The molecule has 184 valence electrons. The third-order valence-electron chi connectivity index (χ3n) is 6.40. The number of nitrogens with zero attached hydrogens (tertiary/aromatic N) is 4. The van der Waals surface area contributed by atoms with Crippen LogP contribution in [0.2, 0.25) is 0 Å². The lowest BCUT2D eigenvalue weighted by Crippen LogP contribution is -2.36. The first-order chi connectivity index (χ1) is 17.1. The van der Waals surface area contributed by atoms with Gasteiger partial charge in [0.1, 0.15) is 11.4 Å². The molecule has 0 unspecified atom stereocenters. The molecule has 0 radical (unpaired) electrons. The van der Waals surface area contributed by atoms with E-state index in [0.717, 1.165) is 28.9 Å². The summed E-state index contributed by atoms with van der Waals surface area (Å²) in [5.74, 6) is 0.0988. The normalized spacial score (nSPS) is 13.5. The Kier molecular flexibility index (Phi) is 5.78. The first-order valence-corrected chi connectivity index (χ1v) is 11.4. The molecule has 6 nitrogen and oxygen atoms in total. The van der Waals surface area contributed by atoms with Gasteiger partial charge in [-0.25, -0.2) is 9.97 Å². The van der Waals surface area contributed by atoms with Crippen molar-refractivity contribution in [1.82, 2.24) is 14.9 Å². The summed E-state index contributed by atoms with van der Waals surface area (Å²) >= 11 is 0. The Balaban J connectivity index is 1.52. The Labute approximate surface area is 205 Å². The average molecular weight is 493 g/mol. The second-order valence-electron chi connectivity index (χ2n) is 8.93. The van der Waals surface area contributed by atoms with E-state index in [1.807, 2.05) is 31.1 Å². The van der Waals surface area contributed by atoms with Crippen LogP contribution in [0.25, 0.3) is 22.3 Å². The predicted octanol–water partition coefficient (Wildman–Crippen LogP) is 5.29. The second kappa shape index (κ2) is 8.82. The van der Waals surface area contributed by atoms with Gasteiger partial charge in [-0.05, 0) is 36.2 Å². The molecular formula is C27H23F3N4O2. The van der Waals surface area contributed by atoms with Crippen molar-refractivity contribution in [2.75, 3.05) is 25.5 Å². The number of aromatic nitrogens is 2. The first-order valence-electron chi connectivity index (χ1n) is 11.4. The van der Waals surface area contributed by atoms with E-state index in [1.54, 1.807) is 29.2 Å². The topological polar surface area (TPSA) is 69.6 Å². The number of carbonyl (C=O) groups excluding carboxylic acids is 1. The van der Waals surface area contributed by atoms with Crippen LogP contribution < -0.4 is 4.90 Å². The number of para-hydroxylation sites is 1. The minimum absolute atomic E-state index is 0.177. The van der Waals surface area contributed by atoms with Gasteiger partial charge in [-0.3, -0.25) is 4.79 Å². The highest BCUT2D eigenvalue weighted by atomic mass is 19.4. The summed E-state index contributed by atoms with van der Waals surface area (Å²) in [7, 11) is 3.71. The van der Waals surface area contributed by atoms with Crippen LogP contribution in [0.1, 0.15) is 27.2 Å². The van der Waals surface area contributed by atoms with Crippen LogP contribution in [0, 0.1) is 0 Å². The van der Waals surface area contributed by atoms with Gasteiger partial charge in [0.15, 0.2) is 5.82 Å². The molecule has 0 atom stereocenters. The predicted molar refractivity (Wildman–Crippen MR) is 131 cm³/mol. The van der Waals surface area contributed by atoms with Gasteiger partial charge in [-0.2, -0.15) is 13.2 Å². The number of phenols is 1. The van der Waals surface area contributed by atoms with Crippen LogP contribution in [0.5, 0.6) is 5.75 Å². The van der Waals surface area contributed by atoms with Crippen molar-refractivity contribution in [3.63, 3.8) is 0 Å². The molecule has 36 heavy (non-hydrogen) atoms. The van der Waals surface area contributed by atoms with Crippen LogP contribution in [0.3, 0.4) is 0 Å². The Bertz CT molecular complexity index is 1470. The summed E-state index contributed by atoms with van der Waals surface area (Å²) in [5.41, 5.74) is 2.73. The number of fused-ring (bicyclic) bond motifs is 2. The molecule has 2 heterocycles. The molecule has 0 saturated heterocycles. The van der Waals surface area contributed by atoms with Gasteiger partial charge >= 0.3 is 6.18 Å². The van der Waals surface area contributed by atoms with Gasteiger partial charge in [0.2, 0.25) is 0 Å². The van der Waals surface area contributed by atoms with E-state index in [-0.39, 0.29) is 23.2 Å². The molecule has 0 bridgehead atoms.